The van der Waals surface area contributed by atoms with Gasteiger partial charge in [-0.25, -0.2) is 0 Å². The zero-order chi connectivity index (χ0) is 11.8. The van der Waals surface area contributed by atoms with Gasteiger partial charge in [-0.1, -0.05) is 13.8 Å². The summed E-state index contributed by atoms with van der Waals surface area (Å²) in [5, 5.41) is 7.07. The number of hydrogen-bond donors (Lipinski definition) is 1. The second kappa shape index (κ2) is 3.92. The lowest BCUT2D eigenvalue weighted by Crippen LogP contribution is -2.33. The Balaban J connectivity index is 1.94. The van der Waals surface area contributed by atoms with Gasteiger partial charge in [-0.05, 0) is 24.7 Å². The Morgan fingerprint density at radius 1 is 1.62 bits per heavy atom. The summed E-state index contributed by atoms with van der Waals surface area (Å²) in [6, 6.07) is 0.322. The average molecular weight is 221 g/mol. The molecule has 4 heteroatoms. The summed E-state index contributed by atoms with van der Waals surface area (Å²) in [5.74, 6) is -0.00389. The van der Waals surface area contributed by atoms with Crippen molar-refractivity contribution in [1.29, 1.82) is 0 Å². The lowest BCUT2D eigenvalue weighted by Gasteiger charge is -2.17. The van der Waals surface area contributed by atoms with E-state index in [2.05, 4.69) is 24.3 Å². The van der Waals surface area contributed by atoms with Gasteiger partial charge in [0, 0.05) is 19.3 Å². The van der Waals surface area contributed by atoms with E-state index in [1.54, 1.807) is 17.1 Å². The van der Waals surface area contributed by atoms with Crippen molar-refractivity contribution in [3.63, 3.8) is 0 Å². The number of nitrogens with one attached hydrogen (secondary N) is 1. The molecule has 1 heterocycles. The Morgan fingerprint density at radius 3 is 2.88 bits per heavy atom. The maximum absolute atomic E-state index is 11.9. The van der Waals surface area contributed by atoms with Crippen LogP contribution in [0.2, 0.25) is 0 Å². The molecule has 0 bridgehead atoms. The molecule has 0 saturated heterocycles. The van der Waals surface area contributed by atoms with Crippen molar-refractivity contribution in [3.8, 4) is 0 Å². The van der Waals surface area contributed by atoms with Gasteiger partial charge in [0.15, 0.2) is 0 Å². The molecule has 1 aromatic rings. The highest BCUT2D eigenvalue weighted by molar-refractivity contribution is 5.93. The van der Waals surface area contributed by atoms with Crippen LogP contribution >= 0.6 is 0 Å². The largest absolute Gasteiger partial charge is 0.349 e. The van der Waals surface area contributed by atoms with E-state index in [9.17, 15) is 4.79 Å². The maximum atomic E-state index is 11.9. The molecule has 1 fully saturated rings. The quantitative estimate of drug-likeness (QED) is 0.826. The third kappa shape index (κ3) is 2.43. The summed E-state index contributed by atoms with van der Waals surface area (Å²) in [7, 11) is 1.81. The Morgan fingerprint density at radius 2 is 2.38 bits per heavy atom. The number of aromatic nitrogens is 2. The second-order valence-corrected chi connectivity index (χ2v) is 5.48. The molecule has 1 N–H and O–H groups in total. The smallest absolute Gasteiger partial charge is 0.254 e. The monoisotopic (exact) mass is 221 g/mol. The number of carbonyl (C=O) groups excluding carboxylic acids is 1. The van der Waals surface area contributed by atoms with Crippen molar-refractivity contribution in [2.45, 2.75) is 39.2 Å². The van der Waals surface area contributed by atoms with E-state index in [0.717, 1.165) is 12.8 Å². The van der Waals surface area contributed by atoms with Crippen LogP contribution in [-0.4, -0.2) is 21.7 Å². The van der Waals surface area contributed by atoms with Gasteiger partial charge in [0.25, 0.3) is 5.91 Å². The summed E-state index contributed by atoms with van der Waals surface area (Å²) in [5.41, 5.74) is 1.01. The number of carbonyl (C=O) groups is 1. The van der Waals surface area contributed by atoms with E-state index >= 15 is 0 Å². The first-order chi connectivity index (χ1) is 7.46. The van der Waals surface area contributed by atoms with E-state index in [4.69, 9.17) is 0 Å². The van der Waals surface area contributed by atoms with Gasteiger partial charge in [0.05, 0.1) is 11.8 Å². The van der Waals surface area contributed by atoms with Gasteiger partial charge in [0.1, 0.15) is 0 Å². The number of hydrogen-bond acceptors (Lipinski definition) is 2. The van der Waals surface area contributed by atoms with Crippen LogP contribution < -0.4 is 5.32 Å². The van der Waals surface area contributed by atoms with Gasteiger partial charge in [0.2, 0.25) is 0 Å². The highest BCUT2D eigenvalue weighted by Crippen LogP contribution is 2.36. The van der Waals surface area contributed by atoms with E-state index < -0.39 is 0 Å². The third-order valence-corrected chi connectivity index (χ3v) is 3.27. The van der Waals surface area contributed by atoms with Crippen molar-refractivity contribution < 1.29 is 4.79 Å². The van der Waals surface area contributed by atoms with Crippen LogP contribution in [0.1, 0.15) is 43.5 Å². The fourth-order valence-electron chi connectivity index (χ4n) is 2.37. The normalized spacial score (nSPS) is 23.3. The second-order valence-electron chi connectivity index (χ2n) is 5.48. The topological polar surface area (TPSA) is 46.9 Å². The Hall–Kier alpha value is -1.32. The molecule has 0 spiro atoms. The van der Waals surface area contributed by atoms with Gasteiger partial charge in [-0.2, -0.15) is 5.10 Å². The molecule has 0 aliphatic heterocycles. The SMILES string of the molecule is Cn1cc(C(=O)NC2CCC(C)(C)C2)cn1. The molecule has 1 aliphatic rings. The van der Waals surface area contributed by atoms with Crippen LogP contribution in [0.5, 0.6) is 0 Å². The highest BCUT2D eigenvalue weighted by Gasteiger charge is 2.31. The van der Waals surface area contributed by atoms with E-state index in [1.807, 2.05) is 7.05 Å². The highest BCUT2D eigenvalue weighted by atomic mass is 16.1. The van der Waals surface area contributed by atoms with Crippen molar-refractivity contribution in [2.75, 3.05) is 0 Å². The lowest BCUT2D eigenvalue weighted by atomic mass is 9.92. The van der Waals surface area contributed by atoms with Crippen molar-refractivity contribution >= 4 is 5.91 Å². The van der Waals surface area contributed by atoms with Gasteiger partial charge < -0.3 is 5.32 Å². The molecule has 0 radical (unpaired) electrons. The first-order valence-electron chi connectivity index (χ1n) is 5.76. The minimum Gasteiger partial charge on any atom is -0.349 e. The first-order valence-corrected chi connectivity index (χ1v) is 5.76. The fourth-order valence-corrected chi connectivity index (χ4v) is 2.37. The van der Waals surface area contributed by atoms with Crippen molar-refractivity contribution in [2.24, 2.45) is 12.5 Å². The molecule has 4 nitrogen and oxygen atoms in total. The molecule has 1 saturated carbocycles. The molecule has 1 aromatic heterocycles. The number of aryl methyl sites for hydroxylation is 1. The summed E-state index contributed by atoms with van der Waals surface area (Å²) in [6.07, 6.45) is 6.69. The van der Waals surface area contributed by atoms with Gasteiger partial charge >= 0.3 is 0 Å². The Labute approximate surface area is 96.0 Å². The Bertz CT molecular complexity index is 395. The minimum absolute atomic E-state index is 0.00389. The van der Waals surface area contributed by atoms with Crippen molar-refractivity contribution in [3.05, 3.63) is 18.0 Å². The summed E-state index contributed by atoms with van der Waals surface area (Å²) >= 11 is 0. The predicted molar refractivity (Wildman–Crippen MR) is 62.1 cm³/mol. The summed E-state index contributed by atoms with van der Waals surface area (Å²) < 4.78 is 1.65. The van der Waals surface area contributed by atoms with E-state index in [-0.39, 0.29) is 5.91 Å². The van der Waals surface area contributed by atoms with Crippen LogP contribution in [0.4, 0.5) is 0 Å². The molecular formula is C12H19N3O. The number of amides is 1. The standard InChI is InChI=1S/C12H19N3O/c1-12(2)5-4-10(6-12)14-11(16)9-7-13-15(3)8-9/h7-8,10H,4-6H2,1-3H3,(H,14,16). The molecule has 1 atom stereocenters. The third-order valence-electron chi connectivity index (χ3n) is 3.27. The number of nitrogens with zero attached hydrogens (tertiary/aromatic N) is 2. The molecule has 16 heavy (non-hydrogen) atoms. The molecule has 2 rings (SSSR count). The van der Waals surface area contributed by atoms with E-state index in [0.29, 0.717) is 17.0 Å². The van der Waals surface area contributed by atoms with Crippen LogP contribution in [0.25, 0.3) is 0 Å². The van der Waals surface area contributed by atoms with Crippen LogP contribution in [0, 0.1) is 5.41 Å². The van der Waals surface area contributed by atoms with Crippen LogP contribution in [0.15, 0.2) is 12.4 Å². The zero-order valence-electron chi connectivity index (χ0n) is 10.2. The molecular weight excluding hydrogens is 202 g/mol. The Kier molecular flexibility index (Phi) is 2.74. The molecule has 88 valence electrons. The summed E-state index contributed by atoms with van der Waals surface area (Å²) in [6.45, 7) is 4.51. The summed E-state index contributed by atoms with van der Waals surface area (Å²) in [4.78, 5) is 11.9. The van der Waals surface area contributed by atoms with Crippen LogP contribution in [-0.2, 0) is 7.05 Å². The fraction of sp³-hybridized carbons (Fsp3) is 0.667. The van der Waals surface area contributed by atoms with E-state index in [1.165, 1.54) is 6.42 Å². The van der Waals surface area contributed by atoms with Gasteiger partial charge in [-0.3, -0.25) is 9.48 Å². The molecule has 1 unspecified atom stereocenters. The van der Waals surface area contributed by atoms with Gasteiger partial charge in [-0.15, -0.1) is 0 Å². The average Bonchev–Trinajstić information content (AvgIpc) is 2.73. The predicted octanol–water partition coefficient (Wildman–Crippen LogP) is 1.73. The first kappa shape index (κ1) is 11.2. The molecule has 0 aromatic carbocycles. The minimum atomic E-state index is -0.00389. The molecule has 1 amide bonds. The molecule has 1 aliphatic carbocycles. The van der Waals surface area contributed by atoms with Crippen LogP contribution in [0.3, 0.4) is 0 Å². The maximum Gasteiger partial charge on any atom is 0.254 e. The lowest BCUT2D eigenvalue weighted by molar-refractivity contribution is 0.0936. The van der Waals surface area contributed by atoms with Crippen molar-refractivity contribution in [1.82, 2.24) is 15.1 Å². The zero-order valence-corrected chi connectivity index (χ0v) is 10.2. The number of rotatable bonds is 2.